The van der Waals surface area contributed by atoms with E-state index in [-0.39, 0.29) is 24.4 Å². The molecule has 1 aliphatic carbocycles. The highest BCUT2D eigenvalue weighted by molar-refractivity contribution is 5.85. The van der Waals surface area contributed by atoms with Crippen molar-refractivity contribution in [3.05, 3.63) is 35.9 Å². The Labute approximate surface area is 151 Å². The van der Waals surface area contributed by atoms with Crippen LogP contribution in [-0.4, -0.2) is 43.0 Å². The van der Waals surface area contributed by atoms with Crippen LogP contribution in [-0.2, 0) is 4.79 Å². The summed E-state index contributed by atoms with van der Waals surface area (Å²) in [6.07, 6.45) is 6.54. The molecule has 4 nitrogen and oxygen atoms in total. The van der Waals surface area contributed by atoms with E-state index in [0.29, 0.717) is 18.4 Å². The summed E-state index contributed by atoms with van der Waals surface area (Å²) in [5.41, 5.74) is 7.58. The summed E-state index contributed by atoms with van der Waals surface area (Å²) in [7, 11) is 0. The predicted molar refractivity (Wildman–Crippen MR) is 100 cm³/mol. The SMILES string of the molecule is Cl.N[C@@H]1CN(CC(=O)NCC2CCCCC2)C[C@H]1c1ccccc1. The van der Waals surface area contributed by atoms with Gasteiger partial charge in [-0.25, -0.2) is 0 Å². The zero-order chi connectivity index (χ0) is 16.1. The Balaban J connectivity index is 0.00000208. The first-order valence-corrected chi connectivity index (χ1v) is 9.02. The van der Waals surface area contributed by atoms with Gasteiger partial charge < -0.3 is 11.1 Å². The molecule has 0 spiro atoms. The lowest BCUT2D eigenvalue weighted by Crippen LogP contribution is -2.39. The number of nitrogens with two attached hydrogens (primary N) is 1. The highest BCUT2D eigenvalue weighted by Crippen LogP contribution is 2.26. The van der Waals surface area contributed by atoms with Gasteiger partial charge in [-0.3, -0.25) is 9.69 Å². The fourth-order valence-corrected chi connectivity index (χ4v) is 4.00. The monoisotopic (exact) mass is 351 g/mol. The summed E-state index contributed by atoms with van der Waals surface area (Å²) < 4.78 is 0. The Kier molecular flexibility index (Phi) is 7.53. The third-order valence-corrected chi connectivity index (χ3v) is 5.35. The molecule has 1 saturated carbocycles. The molecule has 2 aliphatic rings. The van der Waals surface area contributed by atoms with Crippen molar-refractivity contribution in [2.45, 2.75) is 44.1 Å². The lowest BCUT2D eigenvalue weighted by Gasteiger charge is -2.22. The lowest BCUT2D eigenvalue weighted by atomic mass is 9.89. The summed E-state index contributed by atoms with van der Waals surface area (Å²) >= 11 is 0. The third kappa shape index (κ3) is 5.20. The summed E-state index contributed by atoms with van der Waals surface area (Å²) in [6.45, 7) is 3.00. The first-order valence-electron chi connectivity index (χ1n) is 9.02. The fourth-order valence-electron chi connectivity index (χ4n) is 4.00. The standard InChI is InChI=1S/C19H29N3O.ClH/c20-18-13-22(12-17(18)16-9-5-2-6-10-16)14-19(23)21-11-15-7-3-1-4-8-15;/h2,5-6,9-10,15,17-18H,1,3-4,7-8,11-14,20H2,(H,21,23);1H/t17-,18+;/m0./s1. The molecule has 1 amide bonds. The molecule has 1 saturated heterocycles. The molecule has 2 fully saturated rings. The van der Waals surface area contributed by atoms with Gasteiger partial charge in [-0.1, -0.05) is 49.6 Å². The Morgan fingerprint density at radius 3 is 2.54 bits per heavy atom. The molecule has 0 radical (unpaired) electrons. The molecule has 24 heavy (non-hydrogen) atoms. The van der Waals surface area contributed by atoms with Crippen LogP contribution in [0.4, 0.5) is 0 Å². The zero-order valence-corrected chi connectivity index (χ0v) is 15.1. The zero-order valence-electron chi connectivity index (χ0n) is 14.3. The second-order valence-electron chi connectivity index (χ2n) is 7.18. The van der Waals surface area contributed by atoms with Crippen LogP contribution in [0.1, 0.15) is 43.6 Å². The number of carbonyl (C=O) groups excluding carboxylic acids is 1. The van der Waals surface area contributed by atoms with Gasteiger partial charge in [0.2, 0.25) is 5.91 Å². The van der Waals surface area contributed by atoms with Gasteiger partial charge in [-0.2, -0.15) is 0 Å². The van der Waals surface area contributed by atoms with Gasteiger partial charge in [0.1, 0.15) is 0 Å². The van der Waals surface area contributed by atoms with Crippen LogP contribution in [0.25, 0.3) is 0 Å². The van der Waals surface area contributed by atoms with Crippen molar-refractivity contribution in [2.24, 2.45) is 11.7 Å². The van der Waals surface area contributed by atoms with Gasteiger partial charge in [-0.05, 0) is 24.3 Å². The summed E-state index contributed by atoms with van der Waals surface area (Å²) in [5, 5.41) is 3.13. The summed E-state index contributed by atoms with van der Waals surface area (Å²) in [4.78, 5) is 14.4. The smallest absolute Gasteiger partial charge is 0.234 e. The summed E-state index contributed by atoms with van der Waals surface area (Å²) in [6, 6.07) is 10.5. The predicted octanol–water partition coefficient (Wildman–Crippen LogP) is 2.53. The van der Waals surface area contributed by atoms with Crippen molar-refractivity contribution in [2.75, 3.05) is 26.2 Å². The minimum absolute atomic E-state index is 0. The number of nitrogens with one attached hydrogen (secondary N) is 1. The van der Waals surface area contributed by atoms with E-state index in [0.717, 1.165) is 19.6 Å². The average molecular weight is 352 g/mol. The molecule has 1 heterocycles. The maximum absolute atomic E-state index is 12.2. The molecule has 3 rings (SSSR count). The molecule has 1 aromatic carbocycles. The average Bonchev–Trinajstić information content (AvgIpc) is 2.95. The van der Waals surface area contributed by atoms with Crippen molar-refractivity contribution >= 4 is 18.3 Å². The van der Waals surface area contributed by atoms with E-state index in [2.05, 4.69) is 34.5 Å². The maximum Gasteiger partial charge on any atom is 0.234 e. The first-order chi connectivity index (χ1) is 11.2. The second kappa shape index (κ2) is 9.40. The number of rotatable bonds is 5. The van der Waals surface area contributed by atoms with Gasteiger partial charge in [0.05, 0.1) is 6.54 Å². The number of halogens is 1. The number of hydrogen-bond donors (Lipinski definition) is 2. The first kappa shape index (κ1) is 19.2. The molecule has 2 atom stereocenters. The maximum atomic E-state index is 12.2. The molecule has 0 unspecified atom stereocenters. The van der Waals surface area contributed by atoms with E-state index >= 15 is 0 Å². The Bertz CT molecular complexity index is 505. The largest absolute Gasteiger partial charge is 0.355 e. The van der Waals surface area contributed by atoms with E-state index in [9.17, 15) is 4.79 Å². The number of hydrogen-bond acceptors (Lipinski definition) is 3. The Hall–Kier alpha value is -1.10. The number of likely N-dealkylation sites (tertiary alicyclic amines) is 1. The fraction of sp³-hybridized carbons (Fsp3) is 0.632. The van der Waals surface area contributed by atoms with Crippen molar-refractivity contribution in [1.29, 1.82) is 0 Å². The lowest BCUT2D eigenvalue weighted by molar-refractivity contribution is -0.122. The van der Waals surface area contributed by atoms with Crippen LogP contribution in [0.15, 0.2) is 30.3 Å². The van der Waals surface area contributed by atoms with Gasteiger partial charge >= 0.3 is 0 Å². The van der Waals surface area contributed by atoms with Gasteiger partial charge in [-0.15, -0.1) is 12.4 Å². The second-order valence-corrected chi connectivity index (χ2v) is 7.18. The van der Waals surface area contributed by atoms with Crippen LogP contribution in [0.3, 0.4) is 0 Å². The normalized spacial score (nSPS) is 25.2. The Morgan fingerprint density at radius 2 is 1.83 bits per heavy atom. The summed E-state index contributed by atoms with van der Waals surface area (Å²) in [5.74, 6) is 1.17. The van der Waals surface area contributed by atoms with Crippen LogP contribution < -0.4 is 11.1 Å². The van der Waals surface area contributed by atoms with Crippen molar-refractivity contribution in [3.63, 3.8) is 0 Å². The molecular formula is C19H30ClN3O. The number of amides is 1. The molecule has 5 heteroatoms. The van der Waals surface area contributed by atoms with Crippen LogP contribution in [0.5, 0.6) is 0 Å². The van der Waals surface area contributed by atoms with E-state index < -0.39 is 0 Å². The van der Waals surface area contributed by atoms with Gasteiger partial charge in [0.25, 0.3) is 0 Å². The van der Waals surface area contributed by atoms with E-state index in [4.69, 9.17) is 5.73 Å². The molecular weight excluding hydrogens is 322 g/mol. The number of nitrogens with zero attached hydrogens (tertiary/aromatic N) is 1. The number of carbonyl (C=O) groups is 1. The molecule has 1 aromatic rings. The van der Waals surface area contributed by atoms with Crippen LogP contribution in [0, 0.1) is 5.92 Å². The number of benzene rings is 1. The van der Waals surface area contributed by atoms with Gasteiger partial charge in [0.15, 0.2) is 0 Å². The van der Waals surface area contributed by atoms with Crippen molar-refractivity contribution < 1.29 is 4.79 Å². The molecule has 134 valence electrons. The van der Waals surface area contributed by atoms with Crippen LogP contribution >= 0.6 is 12.4 Å². The third-order valence-electron chi connectivity index (χ3n) is 5.35. The van der Waals surface area contributed by atoms with Crippen molar-refractivity contribution in [3.8, 4) is 0 Å². The van der Waals surface area contributed by atoms with Gasteiger partial charge in [0, 0.05) is 31.6 Å². The molecule has 0 bridgehead atoms. The highest BCUT2D eigenvalue weighted by Gasteiger charge is 2.32. The van der Waals surface area contributed by atoms with E-state index in [1.807, 2.05) is 6.07 Å². The minimum atomic E-state index is 0. The van der Waals surface area contributed by atoms with E-state index in [1.165, 1.54) is 37.7 Å². The topological polar surface area (TPSA) is 58.4 Å². The van der Waals surface area contributed by atoms with Crippen LogP contribution in [0.2, 0.25) is 0 Å². The van der Waals surface area contributed by atoms with E-state index in [1.54, 1.807) is 0 Å². The highest BCUT2D eigenvalue weighted by atomic mass is 35.5. The quantitative estimate of drug-likeness (QED) is 0.857. The minimum Gasteiger partial charge on any atom is -0.355 e. The molecule has 0 aromatic heterocycles. The molecule has 1 aliphatic heterocycles. The van der Waals surface area contributed by atoms with Crippen molar-refractivity contribution in [1.82, 2.24) is 10.2 Å². The molecule has 3 N–H and O–H groups in total. The Morgan fingerprint density at radius 1 is 1.12 bits per heavy atom.